The second-order valence-electron chi connectivity index (χ2n) is 6.89. The molecule has 1 aromatic heterocycles. The maximum Gasteiger partial charge on any atom is 0.274 e. The summed E-state index contributed by atoms with van der Waals surface area (Å²) in [4.78, 5) is 17.1. The Morgan fingerprint density at radius 3 is 3.00 bits per heavy atom. The van der Waals surface area contributed by atoms with Gasteiger partial charge in [-0.25, -0.2) is 0 Å². The number of aromatic amines is 1. The van der Waals surface area contributed by atoms with Crippen LogP contribution in [0.15, 0.2) is 6.07 Å². The largest absolute Gasteiger partial charge is 0.375 e. The number of rotatable bonds is 3. The molecule has 1 amide bonds. The summed E-state index contributed by atoms with van der Waals surface area (Å²) in [7, 11) is 0. The van der Waals surface area contributed by atoms with Crippen molar-refractivity contribution >= 4 is 5.91 Å². The van der Waals surface area contributed by atoms with Crippen LogP contribution in [0.3, 0.4) is 0 Å². The third-order valence-electron chi connectivity index (χ3n) is 5.10. The standard InChI is InChI=1S/C16H24N4O2/c1-11-8-13(18-17-11)16(21)20-5-4-15-14(10-20)19(6-7-22-15)9-12-2-3-12/h8,12,14-15H,2-7,9-10H2,1H3,(H,17,18)/t14-,15-/m1/s1. The van der Waals surface area contributed by atoms with Crippen molar-refractivity contribution in [2.24, 2.45) is 5.92 Å². The van der Waals surface area contributed by atoms with Gasteiger partial charge in [-0.15, -0.1) is 0 Å². The SMILES string of the molecule is Cc1cc(C(=O)N2CC[C@H]3OCCN(CC4CC4)[C@@H]3C2)n[nH]1. The summed E-state index contributed by atoms with van der Waals surface area (Å²) in [6.07, 6.45) is 3.95. The molecule has 3 aliphatic rings. The number of H-pyrrole nitrogens is 1. The van der Waals surface area contributed by atoms with Crippen LogP contribution in [-0.4, -0.2) is 70.8 Å². The van der Waals surface area contributed by atoms with E-state index in [2.05, 4.69) is 15.1 Å². The van der Waals surface area contributed by atoms with Crippen molar-refractivity contribution in [3.63, 3.8) is 0 Å². The Kier molecular flexibility index (Phi) is 3.66. The Labute approximate surface area is 130 Å². The number of carbonyl (C=O) groups is 1. The molecule has 3 fully saturated rings. The van der Waals surface area contributed by atoms with Gasteiger partial charge in [0.05, 0.1) is 18.8 Å². The zero-order valence-corrected chi connectivity index (χ0v) is 13.1. The predicted octanol–water partition coefficient (Wildman–Crippen LogP) is 1.04. The Morgan fingerprint density at radius 1 is 1.41 bits per heavy atom. The molecule has 0 spiro atoms. The molecule has 1 aromatic rings. The first-order valence-corrected chi connectivity index (χ1v) is 8.37. The first-order valence-electron chi connectivity index (χ1n) is 8.37. The highest BCUT2D eigenvalue weighted by atomic mass is 16.5. The number of hydrogen-bond acceptors (Lipinski definition) is 4. The molecule has 6 heteroatoms. The van der Waals surface area contributed by atoms with Crippen LogP contribution in [0.2, 0.25) is 0 Å². The first kappa shape index (κ1) is 14.2. The molecular formula is C16H24N4O2. The van der Waals surface area contributed by atoms with E-state index in [9.17, 15) is 4.79 Å². The molecule has 22 heavy (non-hydrogen) atoms. The number of fused-ring (bicyclic) bond motifs is 1. The summed E-state index contributed by atoms with van der Waals surface area (Å²) in [5.41, 5.74) is 1.45. The van der Waals surface area contributed by atoms with E-state index in [-0.39, 0.29) is 12.0 Å². The number of aromatic nitrogens is 2. The van der Waals surface area contributed by atoms with Gasteiger partial charge < -0.3 is 9.64 Å². The lowest BCUT2D eigenvalue weighted by Gasteiger charge is -2.47. The molecule has 2 atom stereocenters. The predicted molar refractivity (Wildman–Crippen MR) is 81.7 cm³/mol. The van der Waals surface area contributed by atoms with Gasteiger partial charge in [-0.2, -0.15) is 5.10 Å². The summed E-state index contributed by atoms with van der Waals surface area (Å²) in [6, 6.07) is 2.18. The minimum atomic E-state index is 0.0414. The molecular weight excluding hydrogens is 280 g/mol. The molecule has 2 saturated heterocycles. The van der Waals surface area contributed by atoms with E-state index in [1.807, 2.05) is 17.9 Å². The maximum atomic E-state index is 12.6. The number of hydrogen-bond donors (Lipinski definition) is 1. The fourth-order valence-corrected chi connectivity index (χ4v) is 3.68. The summed E-state index contributed by atoms with van der Waals surface area (Å²) < 4.78 is 5.95. The fourth-order valence-electron chi connectivity index (χ4n) is 3.68. The van der Waals surface area contributed by atoms with Crippen molar-refractivity contribution in [1.29, 1.82) is 0 Å². The second kappa shape index (κ2) is 5.66. The monoisotopic (exact) mass is 304 g/mol. The molecule has 120 valence electrons. The van der Waals surface area contributed by atoms with Crippen molar-refractivity contribution in [1.82, 2.24) is 20.0 Å². The number of piperidine rings is 1. The second-order valence-corrected chi connectivity index (χ2v) is 6.89. The Bertz CT molecular complexity index is 554. The Hall–Kier alpha value is -1.40. The van der Waals surface area contributed by atoms with E-state index in [0.29, 0.717) is 11.7 Å². The van der Waals surface area contributed by atoms with E-state index in [1.165, 1.54) is 19.4 Å². The smallest absolute Gasteiger partial charge is 0.274 e. The van der Waals surface area contributed by atoms with Crippen molar-refractivity contribution < 1.29 is 9.53 Å². The van der Waals surface area contributed by atoms with Crippen molar-refractivity contribution in [3.05, 3.63) is 17.5 Å². The average Bonchev–Trinajstić information content (AvgIpc) is 3.25. The molecule has 1 saturated carbocycles. The zero-order chi connectivity index (χ0) is 15.1. The number of carbonyl (C=O) groups excluding carboxylic acids is 1. The summed E-state index contributed by atoms with van der Waals surface area (Å²) in [6.45, 7) is 6.46. The number of aryl methyl sites for hydroxylation is 1. The van der Waals surface area contributed by atoms with Crippen LogP contribution in [0.1, 0.15) is 35.4 Å². The molecule has 1 N–H and O–H groups in total. The average molecular weight is 304 g/mol. The minimum Gasteiger partial charge on any atom is -0.375 e. The summed E-state index contributed by atoms with van der Waals surface area (Å²) in [5, 5.41) is 6.97. The molecule has 6 nitrogen and oxygen atoms in total. The fraction of sp³-hybridized carbons (Fsp3) is 0.750. The molecule has 2 aliphatic heterocycles. The van der Waals surface area contributed by atoms with Gasteiger partial charge in [-0.3, -0.25) is 14.8 Å². The van der Waals surface area contributed by atoms with Crippen LogP contribution in [0.5, 0.6) is 0 Å². The molecule has 4 rings (SSSR count). The molecule has 3 heterocycles. The van der Waals surface area contributed by atoms with Crippen molar-refractivity contribution in [3.8, 4) is 0 Å². The van der Waals surface area contributed by atoms with Gasteiger partial charge in [0, 0.05) is 31.9 Å². The highest BCUT2D eigenvalue weighted by molar-refractivity contribution is 5.92. The number of morpholine rings is 1. The van der Waals surface area contributed by atoms with Crippen LogP contribution in [-0.2, 0) is 4.74 Å². The molecule has 0 unspecified atom stereocenters. The molecule has 1 aliphatic carbocycles. The number of amides is 1. The van der Waals surface area contributed by atoms with Crippen LogP contribution in [0.4, 0.5) is 0 Å². The maximum absolute atomic E-state index is 12.6. The topological polar surface area (TPSA) is 61.5 Å². The van der Waals surface area contributed by atoms with E-state index in [4.69, 9.17) is 4.74 Å². The normalized spacial score (nSPS) is 29.4. The summed E-state index contributed by atoms with van der Waals surface area (Å²) in [5.74, 6) is 0.915. The van der Waals surface area contributed by atoms with Crippen LogP contribution in [0, 0.1) is 12.8 Å². The van der Waals surface area contributed by atoms with E-state index >= 15 is 0 Å². The van der Waals surface area contributed by atoms with E-state index in [0.717, 1.165) is 44.3 Å². The summed E-state index contributed by atoms with van der Waals surface area (Å²) >= 11 is 0. The zero-order valence-electron chi connectivity index (χ0n) is 13.1. The minimum absolute atomic E-state index is 0.0414. The molecule has 0 bridgehead atoms. The van der Waals surface area contributed by atoms with Gasteiger partial charge in [0.15, 0.2) is 0 Å². The van der Waals surface area contributed by atoms with Gasteiger partial charge in [-0.05, 0) is 38.2 Å². The number of likely N-dealkylation sites (tertiary alicyclic amines) is 1. The van der Waals surface area contributed by atoms with Gasteiger partial charge in [0.25, 0.3) is 5.91 Å². The van der Waals surface area contributed by atoms with Gasteiger partial charge in [-0.1, -0.05) is 0 Å². The molecule has 0 radical (unpaired) electrons. The lowest BCUT2D eigenvalue weighted by Crippen LogP contribution is -2.61. The Morgan fingerprint density at radius 2 is 2.27 bits per heavy atom. The third kappa shape index (κ3) is 2.77. The van der Waals surface area contributed by atoms with Crippen molar-refractivity contribution in [2.45, 2.75) is 38.3 Å². The quantitative estimate of drug-likeness (QED) is 0.906. The number of nitrogens with zero attached hydrogens (tertiary/aromatic N) is 3. The number of ether oxygens (including phenoxy) is 1. The number of nitrogens with one attached hydrogen (secondary N) is 1. The van der Waals surface area contributed by atoms with Crippen LogP contribution < -0.4 is 0 Å². The lowest BCUT2D eigenvalue weighted by molar-refractivity contribution is -0.0989. The highest BCUT2D eigenvalue weighted by Gasteiger charge is 2.40. The van der Waals surface area contributed by atoms with Gasteiger partial charge in [0.2, 0.25) is 0 Å². The molecule has 0 aromatic carbocycles. The van der Waals surface area contributed by atoms with Gasteiger partial charge in [0.1, 0.15) is 5.69 Å². The first-order chi connectivity index (χ1) is 10.7. The Balaban J connectivity index is 1.46. The highest BCUT2D eigenvalue weighted by Crippen LogP contribution is 2.33. The van der Waals surface area contributed by atoms with Gasteiger partial charge >= 0.3 is 0 Å². The van der Waals surface area contributed by atoms with Crippen LogP contribution >= 0.6 is 0 Å². The lowest BCUT2D eigenvalue weighted by atomic mass is 9.98. The van der Waals surface area contributed by atoms with Crippen LogP contribution in [0.25, 0.3) is 0 Å². The third-order valence-corrected chi connectivity index (χ3v) is 5.10. The van der Waals surface area contributed by atoms with Crippen molar-refractivity contribution in [2.75, 3.05) is 32.8 Å². The van der Waals surface area contributed by atoms with E-state index in [1.54, 1.807) is 0 Å². The van der Waals surface area contributed by atoms with E-state index < -0.39 is 0 Å².